The van der Waals surface area contributed by atoms with E-state index in [9.17, 15) is 14.9 Å². The molecule has 1 saturated heterocycles. The molecule has 4 unspecified atom stereocenters. The summed E-state index contributed by atoms with van der Waals surface area (Å²) in [5.74, 6) is 1.09. The first-order valence-electron chi connectivity index (χ1n) is 20.6. The number of rotatable bonds is 20. The van der Waals surface area contributed by atoms with Crippen molar-refractivity contribution in [3.8, 4) is 0 Å². The average molecular weight is 908 g/mol. The number of non-ortho nitro benzene ring substituents is 1. The first-order valence-corrected chi connectivity index (χ1v) is 22.1. The predicted octanol–water partition coefficient (Wildman–Crippen LogP) is 9.49. The van der Waals surface area contributed by atoms with Crippen LogP contribution in [0, 0.1) is 16.7 Å². The quantitative estimate of drug-likeness (QED) is 0.0101. The molecule has 5 rings (SSSR count). The number of nitrogens with zero attached hydrogens (tertiary/aromatic N) is 12. The van der Waals surface area contributed by atoms with Gasteiger partial charge in [-0.15, -0.1) is 5.11 Å². The molecule has 0 saturated carbocycles. The van der Waals surface area contributed by atoms with Gasteiger partial charge in [-0.05, 0) is 78.3 Å². The summed E-state index contributed by atoms with van der Waals surface area (Å²) in [4.78, 5) is 44.8. The molecule has 1 amide bonds. The summed E-state index contributed by atoms with van der Waals surface area (Å²) >= 11 is 6.15. The highest BCUT2D eigenvalue weighted by Gasteiger charge is 2.41. The van der Waals surface area contributed by atoms with Crippen molar-refractivity contribution in [3.05, 3.63) is 81.0 Å². The van der Waals surface area contributed by atoms with E-state index >= 15 is 0 Å². The molecule has 1 fully saturated rings. The zero-order valence-electron chi connectivity index (χ0n) is 37.0. The number of carbonyl (C=O) groups excluding carboxylic acids is 1. The second-order valence-electron chi connectivity index (χ2n) is 15.2. The number of carbonyl (C=O) groups is 1. The number of fused-ring (bicyclic) bond motifs is 1. The summed E-state index contributed by atoms with van der Waals surface area (Å²) < 4.78 is 29.2. The molecule has 1 aliphatic rings. The van der Waals surface area contributed by atoms with Crippen LogP contribution in [-0.2, 0) is 25.1 Å². The van der Waals surface area contributed by atoms with Gasteiger partial charge in [0, 0.05) is 57.0 Å². The van der Waals surface area contributed by atoms with Crippen molar-refractivity contribution < 1.29 is 28.2 Å². The van der Waals surface area contributed by atoms with Gasteiger partial charge in [-0.25, -0.2) is 35.7 Å². The van der Waals surface area contributed by atoms with Crippen molar-refractivity contribution in [2.45, 2.75) is 98.4 Å². The van der Waals surface area contributed by atoms with Crippen LogP contribution < -0.4 is 10.2 Å². The summed E-state index contributed by atoms with van der Waals surface area (Å²) in [6.45, 7) is 22.4. The summed E-state index contributed by atoms with van der Waals surface area (Å²) in [7, 11) is 2.26. The van der Waals surface area contributed by atoms with E-state index in [2.05, 4.69) is 62.7 Å². The lowest BCUT2D eigenvalue weighted by atomic mass is 10.1. The summed E-state index contributed by atoms with van der Waals surface area (Å²) in [6, 6.07) is 11.3. The molecular formula is C41H55ClN13O7P. The molecule has 2 aromatic carbocycles. The second kappa shape index (κ2) is 22.8. The first-order chi connectivity index (χ1) is 30.1. The Balaban J connectivity index is 1.31. The van der Waals surface area contributed by atoms with Gasteiger partial charge in [0.1, 0.15) is 24.5 Å². The number of aromatic nitrogens is 4. The normalized spacial score (nSPS) is 17.2. The fourth-order valence-corrected chi connectivity index (χ4v) is 8.60. The molecule has 20 nitrogen and oxygen atoms in total. The molecular weight excluding hydrogens is 853 g/mol. The monoisotopic (exact) mass is 907 g/mol. The smallest absolute Gasteiger partial charge is 0.409 e. The van der Waals surface area contributed by atoms with Crippen LogP contribution in [-0.4, -0.2) is 111 Å². The molecule has 1 aliphatic heterocycles. The first kappa shape index (κ1) is 48.6. The van der Waals surface area contributed by atoms with Crippen molar-refractivity contribution in [3.63, 3.8) is 0 Å². The Morgan fingerprint density at radius 1 is 1.14 bits per heavy atom. The molecule has 0 aliphatic carbocycles. The minimum absolute atomic E-state index is 0.0222. The number of azo groups is 1. The van der Waals surface area contributed by atoms with Gasteiger partial charge in [-0.1, -0.05) is 18.5 Å². The van der Waals surface area contributed by atoms with Gasteiger partial charge in [-0.3, -0.25) is 10.1 Å². The summed E-state index contributed by atoms with van der Waals surface area (Å²) in [5.41, 5.74) is 2.40. The third-order valence-electron chi connectivity index (χ3n) is 9.95. The van der Waals surface area contributed by atoms with Crippen LogP contribution in [0.4, 0.5) is 33.4 Å². The van der Waals surface area contributed by atoms with E-state index in [0.29, 0.717) is 59.1 Å². The van der Waals surface area contributed by atoms with Gasteiger partial charge < -0.3 is 38.5 Å². The number of amidine groups is 1. The number of hydrogen-bond acceptors (Lipinski definition) is 15. The third kappa shape index (κ3) is 12.6. The fraction of sp³-hybridized carbons (Fsp3) is 0.512. The van der Waals surface area contributed by atoms with Crippen LogP contribution in [0.1, 0.15) is 73.2 Å². The fourth-order valence-electron chi connectivity index (χ4n) is 6.64. The Hall–Kier alpha value is -5.42. The van der Waals surface area contributed by atoms with Crippen molar-refractivity contribution in [2.75, 3.05) is 45.4 Å². The van der Waals surface area contributed by atoms with Crippen molar-refractivity contribution in [1.82, 2.24) is 34.6 Å². The van der Waals surface area contributed by atoms with Gasteiger partial charge in [0.15, 0.2) is 24.4 Å². The van der Waals surface area contributed by atoms with E-state index < -0.39 is 25.8 Å². The zero-order valence-corrected chi connectivity index (χ0v) is 38.7. The number of halogens is 1. The number of alkyl carbamates (subject to hydrolysis) is 1. The lowest BCUT2D eigenvalue weighted by Crippen LogP contribution is -2.35. The van der Waals surface area contributed by atoms with Crippen molar-refractivity contribution in [2.24, 2.45) is 15.2 Å². The third-order valence-corrected chi connectivity index (χ3v) is 12.4. The molecule has 3 heterocycles. The minimum atomic E-state index is -1.51. The maximum atomic E-state index is 13.2. The minimum Gasteiger partial charge on any atom is -0.428 e. The van der Waals surface area contributed by atoms with Crippen LogP contribution >= 0.6 is 20.1 Å². The van der Waals surface area contributed by atoms with E-state index in [1.807, 2.05) is 56.8 Å². The van der Waals surface area contributed by atoms with E-state index in [1.54, 1.807) is 16.8 Å². The molecule has 2 aromatic heterocycles. The van der Waals surface area contributed by atoms with Crippen LogP contribution in [0.2, 0.25) is 5.02 Å². The lowest BCUT2D eigenvalue weighted by Gasteiger charge is -2.37. The number of hydrogen-bond donors (Lipinski definition) is 1. The van der Waals surface area contributed by atoms with E-state index in [4.69, 9.17) is 46.8 Å². The molecule has 0 spiro atoms. The van der Waals surface area contributed by atoms with Crippen LogP contribution in [0.3, 0.4) is 0 Å². The Bertz CT molecular complexity index is 2280. The zero-order chi connectivity index (χ0) is 45.8. The number of anilines is 1. The highest BCUT2D eigenvalue weighted by Crippen LogP contribution is 2.50. The predicted molar refractivity (Wildman–Crippen MR) is 242 cm³/mol. The van der Waals surface area contributed by atoms with E-state index in [-0.39, 0.29) is 61.4 Å². The van der Waals surface area contributed by atoms with E-state index in [1.165, 1.54) is 24.5 Å². The highest BCUT2D eigenvalue weighted by atomic mass is 35.5. The number of ether oxygens (including phenoxy) is 2. The van der Waals surface area contributed by atoms with Gasteiger partial charge in [0.25, 0.3) is 14.2 Å². The number of nitro groups is 1. The topological polar surface area (TPSA) is 204 Å². The molecule has 63 heavy (non-hydrogen) atoms. The Kier molecular flexibility index (Phi) is 17.6. The number of amides is 1. The summed E-state index contributed by atoms with van der Waals surface area (Å²) in [6.07, 6.45) is 0.701. The maximum Gasteiger partial charge on any atom is 0.409 e. The number of benzene rings is 2. The average Bonchev–Trinajstić information content (AvgIpc) is 3.84. The highest BCUT2D eigenvalue weighted by molar-refractivity contribution is 7.44. The number of aliphatic imine (C=N–C) groups is 1. The molecule has 0 radical (unpaired) electrons. The van der Waals surface area contributed by atoms with Crippen LogP contribution in [0.5, 0.6) is 0 Å². The Labute approximate surface area is 373 Å². The lowest BCUT2D eigenvalue weighted by molar-refractivity contribution is -0.384. The molecule has 4 aromatic rings. The number of nitrogens with one attached hydrogen (secondary N) is 1. The van der Waals surface area contributed by atoms with Gasteiger partial charge in [-0.2, -0.15) is 10.2 Å². The van der Waals surface area contributed by atoms with Crippen LogP contribution in [0.25, 0.3) is 15.9 Å². The van der Waals surface area contributed by atoms with Gasteiger partial charge >= 0.3 is 6.09 Å². The van der Waals surface area contributed by atoms with Gasteiger partial charge in [0.05, 0.1) is 45.5 Å². The summed E-state index contributed by atoms with van der Waals surface area (Å²) in [5, 5.41) is 27.8. The SMILES string of the molecule is [C-]#[N+]CCOP(OC1CC(n2nc(CNC(=O)OCN(CC)c3ccc(N=Nc4ccc([N+](=O)[O-])cc4Cl)cc3)c3c(N=C(C)N(C)C)ncnc32)OC1CC)N(C(C)C)C(C)C. The largest absolute Gasteiger partial charge is 0.428 e. The Morgan fingerprint density at radius 2 is 1.87 bits per heavy atom. The maximum absolute atomic E-state index is 13.2. The molecule has 338 valence electrons. The number of nitro benzene ring substituents is 1. The molecule has 22 heteroatoms. The van der Waals surface area contributed by atoms with Crippen molar-refractivity contribution >= 4 is 71.7 Å². The van der Waals surface area contributed by atoms with Crippen LogP contribution in [0.15, 0.2) is 64.0 Å². The van der Waals surface area contributed by atoms with Crippen molar-refractivity contribution in [1.29, 1.82) is 0 Å². The standard InChI is InChI=1S/C41H55ClN13O7P/c1-11-35-36(62-63(60-20-19-43-8)54(26(3)4)27(5)6)22-37(61-35)53-40-38(39(45-24-46-40)47-28(7)51(9)10)34(50-53)23-44-41(56)59-25-52(12-2)30-15-13-29(14-16-30)48-49-33-18-17-31(55(57)58)21-32(33)42/h13-18,21,24,26-27,35-37H,11-12,19-20,22-23,25H2,1-7,9-10H3,(H,44,56). The van der Waals surface area contributed by atoms with Gasteiger partial charge in [0.2, 0.25) is 6.54 Å². The molecule has 4 atom stereocenters. The molecule has 0 bridgehead atoms. The molecule has 1 N–H and O–H groups in total. The second-order valence-corrected chi connectivity index (χ2v) is 17.0. The van der Waals surface area contributed by atoms with E-state index in [0.717, 1.165) is 5.69 Å². The Morgan fingerprint density at radius 3 is 2.49 bits per heavy atom.